The van der Waals surface area contributed by atoms with Gasteiger partial charge in [-0.25, -0.2) is 13.2 Å². The van der Waals surface area contributed by atoms with Crippen molar-refractivity contribution in [2.45, 2.75) is 56.6 Å². The number of ether oxygens (including phenoxy) is 1. The number of esters is 1. The van der Waals surface area contributed by atoms with Gasteiger partial charge in [-0.3, -0.25) is 4.79 Å². The van der Waals surface area contributed by atoms with E-state index in [1.54, 1.807) is 6.92 Å². The van der Waals surface area contributed by atoms with Crippen LogP contribution in [0.4, 0.5) is 0 Å². The fourth-order valence-electron chi connectivity index (χ4n) is 3.65. The van der Waals surface area contributed by atoms with E-state index in [9.17, 15) is 18.0 Å². The number of carbonyl (C=O) groups is 2. The van der Waals surface area contributed by atoms with Crippen LogP contribution in [-0.4, -0.2) is 50.3 Å². The third-order valence-corrected chi connectivity index (χ3v) is 6.95. The molecule has 1 saturated heterocycles. The van der Waals surface area contributed by atoms with Crippen LogP contribution in [0.5, 0.6) is 0 Å². The van der Waals surface area contributed by atoms with Gasteiger partial charge in [0.2, 0.25) is 16.8 Å². The molecule has 27 heavy (non-hydrogen) atoms. The van der Waals surface area contributed by atoms with E-state index >= 15 is 0 Å². The highest BCUT2D eigenvalue weighted by molar-refractivity contribution is 7.89. The minimum Gasteiger partial charge on any atom is -0.460 e. The molecule has 150 valence electrons. The van der Waals surface area contributed by atoms with E-state index in [0.717, 1.165) is 25.7 Å². The Kier molecular flexibility index (Phi) is 6.21. The Morgan fingerprint density at radius 2 is 1.85 bits per heavy atom. The summed E-state index contributed by atoms with van der Waals surface area (Å²) in [5.41, 5.74) is 0. The highest BCUT2D eigenvalue weighted by atomic mass is 32.2. The second-order valence-electron chi connectivity index (χ2n) is 7.01. The first kappa shape index (κ1) is 19.9. The van der Waals surface area contributed by atoms with Gasteiger partial charge in [-0.05, 0) is 44.7 Å². The van der Waals surface area contributed by atoms with Gasteiger partial charge >= 0.3 is 5.97 Å². The molecule has 0 aromatic carbocycles. The first-order chi connectivity index (χ1) is 12.9. The lowest BCUT2D eigenvalue weighted by molar-refractivity contribution is -0.126. The van der Waals surface area contributed by atoms with Gasteiger partial charge in [-0.2, -0.15) is 4.31 Å². The molecule has 3 rings (SSSR count). The summed E-state index contributed by atoms with van der Waals surface area (Å²) in [5, 5.41) is 2.81. The van der Waals surface area contributed by atoms with Crippen LogP contribution >= 0.6 is 0 Å². The number of nitrogens with one attached hydrogen (secondary N) is 1. The van der Waals surface area contributed by atoms with E-state index in [-0.39, 0.29) is 48.4 Å². The SMILES string of the molecule is CCOC(=O)c1ccc(S(=O)(=O)N2CCC(C(=O)NC3CCCC3)CC2)o1. The third kappa shape index (κ3) is 4.52. The molecule has 0 spiro atoms. The van der Waals surface area contributed by atoms with Crippen molar-refractivity contribution in [1.29, 1.82) is 0 Å². The summed E-state index contributed by atoms with van der Waals surface area (Å²) < 4.78 is 36.7. The number of rotatable bonds is 6. The van der Waals surface area contributed by atoms with Gasteiger partial charge in [-0.1, -0.05) is 12.8 Å². The van der Waals surface area contributed by atoms with Crippen molar-refractivity contribution >= 4 is 21.9 Å². The number of hydrogen-bond acceptors (Lipinski definition) is 6. The lowest BCUT2D eigenvalue weighted by Crippen LogP contribution is -2.44. The molecule has 1 N–H and O–H groups in total. The smallest absolute Gasteiger partial charge is 0.374 e. The largest absolute Gasteiger partial charge is 0.460 e. The van der Waals surface area contributed by atoms with Gasteiger partial charge < -0.3 is 14.5 Å². The first-order valence-corrected chi connectivity index (χ1v) is 10.9. The number of hydrogen-bond donors (Lipinski definition) is 1. The fourth-order valence-corrected chi connectivity index (χ4v) is 5.03. The minimum atomic E-state index is -3.83. The van der Waals surface area contributed by atoms with Crippen molar-refractivity contribution in [3.05, 3.63) is 17.9 Å². The summed E-state index contributed by atoms with van der Waals surface area (Å²) in [6, 6.07) is 2.83. The zero-order chi connectivity index (χ0) is 19.4. The van der Waals surface area contributed by atoms with Crippen molar-refractivity contribution in [2.75, 3.05) is 19.7 Å². The summed E-state index contributed by atoms with van der Waals surface area (Å²) in [5.74, 6) is -0.965. The zero-order valence-corrected chi connectivity index (χ0v) is 16.3. The van der Waals surface area contributed by atoms with Gasteiger partial charge in [0, 0.05) is 25.0 Å². The predicted octanol–water partition coefficient (Wildman–Crippen LogP) is 1.92. The van der Waals surface area contributed by atoms with E-state index in [4.69, 9.17) is 9.15 Å². The molecule has 1 saturated carbocycles. The van der Waals surface area contributed by atoms with Crippen molar-refractivity contribution < 1.29 is 27.2 Å². The van der Waals surface area contributed by atoms with Crippen LogP contribution in [-0.2, 0) is 19.6 Å². The van der Waals surface area contributed by atoms with E-state index < -0.39 is 16.0 Å². The number of sulfonamides is 1. The monoisotopic (exact) mass is 398 g/mol. The van der Waals surface area contributed by atoms with Crippen LogP contribution in [0.2, 0.25) is 0 Å². The molecule has 0 bridgehead atoms. The fraction of sp³-hybridized carbons (Fsp3) is 0.667. The van der Waals surface area contributed by atoms with Gasteiger partial charge in [0.25, 0.3) is 10.0 Å². The third-order valence-electron chi connectivity index (χ3n) is 5.18. The molecular formula is C18H26N2O6S. The summed E-state index contributed by atoms with van der Waals surface area (Å²) in [6.45, 7) is 2.34. The zero-order valence-electron chi connectivity index (χ0n) is 15.5. The van der Waals surface area contributed by atoms with Crippen molar-refractivity contribution in [1.82, 2.24) is 9.62 Å². The van der Waals surface area contributed by atoms with Crippen LogP contribution < -0.4 is 5.32 Å². The highest BCUT2D eigenvalue weighted by Crippen LogP contribution is 2.26. The van der Waals surface area contributed by atoms with Gasteiger partial charge in [0.1, 0.15) is 0 Å². The van der Waals surface area contributed by atoms with Crippen LogP contribution in [0, 0.1) is 5.92 Å². The average molecular weight is 398 g/mol. The Hall–Kier alpha value is -1.87. The summed E-state index contributed by atoms with van der Waals surface area (Å²) in [4.78, 5) is 24.0. The molecule has 8 nitrogen and oxygen atoms in total. The number of furan rings is 1. The van der Waals surface area contributed by atoms with Crippen LogP contribution in [0.3, 0.4) is 0 Å². The van der Waals surface area contributed by atoms with Gasteiger partial charge in [0.15, 0.2) is 0 Å². The molecule has 1 aromatic rings. The molecule has 1 amide bonds. The molecule has 1 aliphatic carbocycles. The summed E-state index contributed by atoms with van der Waals surface area (Å²) in [6.07, 6.45) is 5.31. The van der Waals surface area contributed by atoms with Crippen LogP contribution in [0.1, 0.15) is 56.0 Å². The maximum atomic E-state index is 12.7. The van der Waals surface area contributed by atoms with Gasteiger partial charge in [-0.15, -0.1) is 0 Å². The van der Waals surface area contributed by atoms with E-state index in [0.29, 0.717) is 12.8 Å². The molecule has 2 fully saturated rings. The number of piperidine rings is 1. The topological polar surface area (TPSA) is 106 Å². The number of carbonyl (C=O) groups excluding carboxylic acids is 2. The van der Waals surface area contributed by atoms with E-state index in [2.05, 4.69) is 5.32 Å². The Balaban J connectivity index is 1.58. The molecule has 1 aromatic heterocycles. The molecule has 0 radical (unpaired) electrons. The van der Waals surface area contributed by atoms with E-state index in [1.807, 2.05) is 0 Å². The Morgan fingerprint density at radius 3 is 2.48 bits per heavy atom. The summed E-state index contributed by atoms with van der Waals surface area (Å²) in [7, 11) is -3.83. The van der Waals surface area contributed by atoms with Crippen LogP contribution in [0.25, 0.3) is 0 Å². The Labute approximate surface area is 159 Å². The number of nitrogens with zero attached hydrogens (tertiary/aromatic N) is 1. The maximum Gasteiger partial charge on any atom is 0.374 e. The minimum absolute atomic E-state index is 0.0292. The lowest BCUT2D eigenvalue weighted by atomic mass is 9.97. The molecule has 1 aliphatic heterocycles. The summed E-state index contributed by atoms with van der Waals surface area (Å²) >= 11 is 0. The van der Waals surface area contributed by atoms with E-state index in [1.165, 1.54) is 16.4 Å². The normalized spacial score (nSPS) is 19.9. The van der Waals surface area contributed by atoms with Crippen molar-refractivity contribution in [3.8, 4) is 0 Å². The molecule has 2 heterocycles. The van der Waals surface area contributed by atoms with Crippen molar-refractivity contribution in [2.24, 2.45) is 5.92 Å². The lowest BCUT2D eigenvalue weighted by Gasteiger charge is -2.30. The second kappa shape index (κ2) is 8.43. The quantitative estimate of drug-likeness (QED) is 0.734. The average Bonchev–Trinajstić information content (AvgIpc) is 3.34. The molecule has 9 heteroatoms. The highest BCUT2D eigenvalue weighted by Gasteiger charge is 2.35. The molecular weight excluding hydrogens is 372 g/mol. The Bertz CT molecular complexity index is 774. The first-order valence-electron chi connectivity index (χ1n) is 9.49. The second-order valence-corrected chi connectivity index (χ2v) is 8.88. The molecule has 0 unspecified atom stereocenters. The Morgan fingerprint density at radius 1 is 1.19 bits per heavy atom. The van der Waals surface area contributed by atoms with Crippen LogP contribution in [0.15, 0.2) is 21.6 Å². The molecule has 2 aliphatic rings. The van der Waals surface area contributed by atoms with Crippen molar-refractivity contribution in [3.63, 3.8) is 0 Å². The predicted molar refractivity (Wildman–Crippen MR) is 96.5 cm³/mol. The standard InChI is InChI=1S/C18H26N2O6S/c1-2-25-18(22)15-7-8-16(26-15)27(23,24)20-11-9-13(10-12-20)17(21)19-14-5-3-4-6-14/h7-8,13-14H,2-6,9-12H2,1H3,(H,19,21). The number of amides is 1. The van der Waals surface area contributed by atoms with Gasteiger partial charge in [0.05, 0.1) is 6.61 Å². The molecule has 0 atom stereocenters. The maximum absolute atomic E-state index is 12.7.